The molecule has 13 nitrogen and oxygen atoms in total. The normalized spacial score (nSPS) is 41.6. The van der Waals surface area contributed by atoms with Gasteiger partial charge in [0, 0.05) is 73.8 Å². The number of ether oxygens (including phenoxy) is 4. The Morgan fingerprint density at radius 2 is 1.70 bits per heavy atom. The van der Waals surface area contributed by atoms with Crippen LogP contribution in [0.25, 0.3) is 0 Å². The minimum atomic E-state index is -2.26. The largest absolute Gasteiger partial charge is 0.494 e. The highest BCUT2D eigenvalue weighted by atomic mass is 16.6. The monoisotopic (exact) mass is 843 g/mol. The van der Waals surface area contributed by atoms with Gasteiger partial charge in [-0.3, -0.25) is 24.1 Å². The van der Waals surface area contributed by atoms with E-state index in [4.69, 9.17) is 18.9 Å². The molecule has 1 amide bonds. The molecule has 13 atom stereocenters. The highest BCUT2D eigenvalue weighted by Crippen LogP contribution is 2.69. The van der Waals surface area contributed by atoms with Crippen LogP contribution in [0, 0.1) is 39.9 Å². The molecule has 5 aliphatic carbocycles. The van der Waals surface area contributed by atoms with Crippen molar-refractivity contribution in [1.29, 1.82) is 0 Å². The summed E-state index contributed by atoms with van der Waals surface area (Å²) in [4.78, 5) is 70.7. The van der Waals surface area contributed by atoms with Gasteiger partial charge in [0.25, 0.3) is 0 Å². The van der Waals surface area contributed by atoms with Crippen LogP contribution >= 0.6 is 0 Å². The van der Waals surface area contributed by atoms with Gasteiger partial charge >= 0.3 is 17.9 Å². The van der Waals surface area contributed by atoms with E-state index in [9.17, 15) is 29.1 Å². The molecule has 0 bridgehead atoms. The van der Waals surface area contributed by atoms with E-state index in [2.05, 4.69) is 24.1 Å². The molecule has 3 heterocycles. The Kier molecular flexibility index (Phi) is 10.3. The van der Waals surface area contributed by atoms with Crippen LogP contribution in [0.3, 0.4) is 0 Å². The Labute approximate surface area is 359 Å². The lowest BCUT2D eigenvalue weighted by Crippen LogP contribution is -2.81. The van der Waals surface area contributed by atoms with Crippen molar-refractivity contribution in [2.45, 2.75) is 146 Å². The molecule has 0 aromatic heterocycles. The summed E-state index contributed by atoms with van der Waals surface area (Å²) in [6, 6.07) is 2.57. The van der Waals surface area contributed by atoms with Gasteiger partial charge in [-0.05, 0) is 105 Å². The van der Waals surface area contributed by atoms with Crippen LogP contribution in [-0.2, 0) is 43.6 Å². The number of Topliss-reactive ketones (excluding diaryl/α,β-unsaturated/α-hetero) is 1. The number of nitrogens with one attached hydrogen (secondary N) is 1. The molecule has 1 spiro atoms. The average Bonchev–Trinajstić information content (AvgIpc) is 3.87. The molecule has 9 rings (SSSR count). The highest BCUT2D eigenvalue weighted by Gasteiger charge is 2.80. The Bertz CT molecular complexity index is 2060. The molecule has 1 aromatic carbocycles. The second-order valence-electron chi connectivity index (χ2n) is 20.5. The fraction of sp³-hybridized carbons (Fsp3) is 0.729. The van der Waals surface area contributed by atoms with Crippen LogP contribution in [0.15, 0.2) is 24.3 Å². The standard InChI is InChI=1S/C48H65N3O10/c1-8-46-18-9-22-51-23-21-47(40(46)51)33-25-34(36(58-6)26-35(33)50(5)41(47)48(57,43(56)59-7)42(46)60-27(2)52)49-38(54)14-15-39(55)61-37-13-12-31-30-11-10-28-24-29(53)16-19-44(28,3)32(30)17-20-45(31,37)4/h9,18,25-26,28,30-32,37,40-42,57H,8,10-17,19-24H2,1-7H3,(H,49,54)/t28-,30-,31-,32-,37-,40-,41+,42+,44-,45-,46+,47+,48-/m0/s1. The van der Waals surface area contributed by atoms with Crippen molar-refractivity contribution in [2.24, 2.45) is 39.9 Å². The lowest BCUT2D eigenvalue weighted by Gasteiger charge is -2.63. The SMILES string of the molecule is CC[C@]12C=CCN3CC[C@@]4(c5cc(NC(=O)CCC(=O)O[C@H]6CC[C@H]7[C@@H]8CC[C@H]9CC(=O)CC[C@]9(C)[C@H]8CC[C@]67C)c(OC)cc5N(C)[C@H]4[C@@](O)(C(=O)OC)[C@@H]1OC(C)=O)[C@@H]32. The number of carbonyl (C=O) groups excluding carboxylic acids is 5. The number of likely N-dealkylation sites (N-methyl/N-ethyl adjacent to an activating group) is 1. The first-order valence-corrected chi connectivity index (χ1v) is 22.9. The van der Waals surface area contributed by atoms with Crippen molar-refractivity contribution in [3.05, 3.63) is 29.8 Å². The molecule has 0 radical (unpaired) electrons. The van der Waals surface area contributed by atoms with Crippen LogP contribution in [-0.4, -0.2) is 104 Å². The van der Waals surface area contributed by atoms with Crippen LogP contribution < -0.4 is 15.0 Å². The quantitative estimate of drug-likeness (QED) is 0.173. The Hall–Kier alpha value is -3.97. The number of aliphatic hydroxyl groups is 1. The molecule has 13 heteroatoms. The molecular weight excluding hydrogens is 779 g/mol. The summed E-state index contributed by atoms with van der Waals surface area (Å²) in [6.45, 7) is 9.37. The molecule has 8 aliphatic rings. The number of hydrogen-bond acceptors (Lipinski definition) is 12. The van der Waals surface area contributed by atoms with Crippen molar-refractivity contribution in [3.63, 3.8) is 0 Å². The van der Waals surface area contributed by atoms with E-state index in [-0.39, 0.29) is 47.7 Å². The summed E-state index contributed by atoms with van der Waals surface area (Å²) in [5.74, 6) is 0.810. The Morgan fingerprint density at radius 3 is 2.43 bits per heavy atom. The topological polar surface area (TPSA) is 161 Å². The highest BCUT2D eigenvalue weighted by molar-refractivity contribution is 5.95. The van der Waals surface area contributed by atoms with E-state index in [0.29, 0.717) is 73.2 Å². The molecular formula is C48H65N3O10. The zero-order chi connectivity index (χ0) is 43.4. The molecule has 0 unspecified atom stereocenters. The summed E-state index contributed by atoms with van der Waals surface area (Å²) in [7, 11) is 4.58. The number of nitrogens with zero attached hydrogens (tertiary/aromatic N) is 2. The van der Waals surface area contributed by atoms with Gasteiger partial charge in [0.05, 0.1) is 32.4 Å². The lowest BCUT2D eigenvalue weighted by molar-refractivity contribution is -0.228. The van der Waals surface area contributed by atoms with Gasteiger partial charge in [-0.2, -0.15) is 0 Å². The number of carbonyl (C=O) groups is 5. The number of anilines is 2. The van der Waals surface area contributed by atoms with Crippen LogP contribution in [0.4, 0.5) is 11.4 Å². The van der Waals surface area contributed by atoms with Crippen molar-refractivity contribution >= 4 is 41.0 Å². The third-order valence-corrected chi connectivity index (χ3v) is 18.2. The molecule has 6 fully saturated rings. The lowest BCUT2D eigenvalue weighted by atomic mass is 9.45. The van der Waals surface area contributed by atoms with Crippen molar-refractivity contribution in [1.82, 2.24) is 4.90 Å². The number of rotatable bonds is 9. The van der Waals surface area contributed by atoms with Gasteiger partial charge in [0.1, 0.15) is 17.6 Å². The number of esters is 3. The zero-order valence-corrected chi connectivity index (χ0v) is 37.1. The summed E-state index contributed by atoms with van der Waals surface area (Å²) < 4.78 is 23.5. The third-order valence-electron chi connectivity index (χ3n) is 18.2. The van der Waals surface area contributed by atoms with Gasteiger partial charge in [-0.25, -0.2) is 4.79 Å². The second-order valence-corrected chi connectivity index (χ2v) is 20.5. The average molecular weight is 844 g/mol. The predicted molar refractivity (Wildman–Crippen MR) is 226 cm³/mol. The summed E-state index contributed by atoms with van der Waals surface area (Å²) in [6.07, 6.45) is 12.3. The van der Waals surface area contributed by atoms with Crippen LogP contribution in [0.1, 0.15) is 117 Å². The first-order chi connectivity index (χ1) is 29.0. The first-order valence-electron chi connectivity index (χ1n) is 22.9. The third kappa shape index (κ3) is 5.86. The van der Waals surface area contributed by atoms with Gasteiger partial charge in [-0.15, -0.1) is 0 Å². The Balaban J connectivity index is 0.935. The molecule has 1 saturated heterocycles. The second kappa shape index (κ2) is 14.8. The molecule has 332 valence electrons. The maximum Gasteiger partial charge on any atom is 0.344 e. The van der Waals surface area contributed by atoms with Gasteiger partial charge in [0.2, 0.25) is 11.5 Å². The maximum atomic E-state index is 14.0. The van der Waals surface area contributed by atoms with Gasteiger partial charge in [-0.1, -0.05) is 32.9 Å². The van der Waals surface area contributed by atoms with Crippen molar-refractivity contribution in [2.75, 3.05) is 44.6 Å². The minimum Gasteiger partial charge on any atom is -0.494 e. The van der Waals surface area contributed by atoms with Gasteiger partial charge < -0.3 is 34.3 Å². The number of amides is 1. The molecule has 5 saturated carbocycles. The van der Waals surface area contributed by atoms with E-state index in [1.54, 1.807) is 0 Å². The predicted octanol–water partition coefficient (Wildman–Crippen LogP) is 5.88. The molecule has 3 aliphatic heterocycles. The number of hydrogen-bond donors (Lipinski definition) is 2. The van der Waals surface area contributed by atoms with E-state index < -0.39 is 40.5 Å². The van der Waals surface area contributed by atoms with Crippen molar-refractivity contribution in [3.8, 4) is 5.75 Å². The van der Waals surface area contributed by atoms with E-state index in [1.165, 1.54) is 21.1 Å². The zero-order valence-electron chi connectivity index (χ0n) is 37.1. The van der Waals surface area contributed by atoms with E-state index in [1.807, 2.05) is 43.2 Å². The van der Waals surface area contributed by atoms with E-state index in [0.717, 1.165) is 62.6 Å². The number of methoxy groups -OCH3 is 2. The summed E-state index contributed by atoms with van der Waals surface area (Å²) in [5, 5.41) is 16.0. The first kappa shape index (κ1) is 42.3. The smallest absolute Gasteiger partial charge is 0.344 e. The van der Waals surface area contributed by atoms with Gasteiger partial charge in [0.15, 0.2) is 6.10 Å². The maximum absolute atomic E-state index is 14.0. The molecule has 1 aromatic rings. The fourth-order valence-corrected chi connectivity index (χ4v) is 15.7. The molecule has 61 heavy (non-hydrogen) atoms. The van der Waals surface area contributed by atoms with Crippen LogP contribution in [0.2, 0.25) is 0 Å². The fourth-order valence-electron chi connectivity index (χ4n) is 15.7. The summed E-state index contributed by atoms with van der Waals surface area (Å²) >= 11 is 0. The minimum absolute atomic E-state index is 0.0585. The molecule has 2 N–H and O–H groups in total. The number of benzene rings is 1. The number of ketones is 1. The Morgan fingerprint density at radius 1 is 0.934 bits per heavy atom. The summed E-state index contributed by atoms with van der Waals surface area (Å²) in [5.41, 5.74) is -1.93. The number of fused-ring (bicyclic) bond motifs is 6. The van der Waals surface area contributed by atoms with Crippen LogP contribution in [0.5, 0.6) is 5.75 Å². The van der Waals surface area contributed by atoms with Crippen molar-refractivity contribution < 1.29 is 48.0 Å². The van der Waals surface area contributed by atoms with E-state index >= 15 is 0 Å².